The molecule has 0 saturated carbocycles. The van der Waals surface area contributed by atoms with Gasteiger partial charge < -0.3 is 5.32 Å². The van der Waals surface area contributed by atoms with Crippen LogP contribution in [0.3, 0.4) is 0 Å². The Morgan fingerprint density at radius 2 is 2.27 bits per heavy atom. The average molecular weight is 239 g/mol. The number of rotatable bonds is 1. The Bertz CT molecular complexity index is 470. The van der Waals surface area contributed by atoms with Crippen molar-refractivity contribution in [3.05, 3.63) is 39.8 Å². The van der Waals surface area contributed by atoms with E-state index in [1.54, 1.807) is 18.2 Å². The summed E-state index contributed by atoms with van der Waals surface area (Å²) in [6.07, 6.45) is 1.72. The maximum atomic E-state index is 11.3. The summed E-state index contributed by atoms with van der Waals surface area (Å²) in [5.74, 6) is -0.232. The number of thioether (sulfide) groups is 1. The van der Waals surface area contributed by atoms with Crippen LogP contribution >= 0.6 is 23.4 Å². The van der Waals surface area contributed by atoms with E-state index in [1.807, 2.05) is 12.1 Å². The van der Waals surface area contributed by atoms with E-state index in [4.69, 9.17) is 17.0 Å². The monoisotopic (exact) mass is 238 g/mol. The molecule has 0 spiro atoms. The lowest BCUT2D eigenvalue weighted by atomic mass is 10.2. The van der Waals surface area contributed by atoms with Gasteiger partial charge in [-0.2, -0.15) is 0 Å². The number of carbonyl (C=O) groups excluding carboxylic acids is 1. The number of nitrogens with one attached hydrogen (secondary N) is 2. The molecule has 0 atom stereocenters. The van der Waals surface area contributed by atoms with Crippen LogP contribution in [0.15, 0.2) is 29.2 Å². The lowest BCUT2D eigenvalue weighted by Gasteiger charge is -1.95. The SMILES string of the molecule is N=C1NC(=O)C(=Cc2cccc(Cl)c2)S1. The summed E-state index contributed by atoms with van der Waals surface area (Å²) in [4.78, 5) is 11.8. The third-order valence-electron chi connectivity index (χ3n) is 1.81. The predicted octanol–water partition coefficient (Wildman–Crippen LogP) is 2.48. The highest BCUT2D eigenvalue weighted by atomic mass is 35.5. The molecule has 15 heavy (non-hydrogen) atoms. The van der Waals surface area contributed by atoms with Gasteiger partial charge in [-0.3, -0.25) is 10.2 Å². The van der Waals surface area contributed by atoms with E-state index in [-0.39, 0.29) is 11.1 Å². The zero-order chi connectivity index (χ0) is 10.8. The van der Waals surface area contributed by atoms with E-state index >= 15 is 0 Å². The Morgan fingerprint density at radius 3 is 2.87 bits per heavy atom. The highest BCUT2D eigenvalue weighted by molar-refractivity contribution is 8.18. The molecule has 5 heteroatoms. The number of hydrogen-bond acceptors (Lipinski definition) is 3. The molecule has 1 heterocycles. The second kappa shape index (κ2) is 4.08. The van der Waals surface area contributed by atoms with Crippen molar-refractivity contribution < 1.29 is 4.79 Å². The van der Waals surface area contributed by atoms with Gasteiger partial charge in [-0.15, -0.1) is 0 Å². The van der Waals surface area contributed by atoms with E-state index in [9.17, 15) is 4.79 Å². The van der Waals surface area contributed by atoms with Gasteiger partial charge in [0.05, 0.1) is 4.91 Å². The molecule has 1 aliphatic rings. The molecule has 2 rings (SSSR count). The molecular formula is C10H7ClN2OS. The fourth-order valence-electron chi connectivity index (χ4n) is 1.19. The normalized spacial score (nSPS) is 18.3. The van der Waals surface area contributed by atoms with Gasteiger partial charge in [-0.25, -0.2) is 0 Å². The molecule has 0 unspecified atom stereocenters. The highest BCUT2D eigenvalue weighted by Gasteiger charge is 2.21. The summed E-state index contributed by atoms with van der Waals surface area (Å²) >= 11 is 6.93. The summed E-state index contributed by atoms with van der Waals surface area (Å²) < 4.78 is 0. The van der Waals surface area contributed by atoms with Crippen molar-refractivity contribution in [1.82, 2.24) is 5.32 Å². The van der Waals surface area contributed by atoms with Crippen LogP contribution in [-0.2, 0) is 4.79 Å². The molecule has 0 aromatic heterocycles. The van der Waals surface area contributed by atoms with Crippen LogP contribution in [0, 0.1) is 5.41 Å². The van der Waals surface area contributed by atoms with E-state index in [0.29, 0.717) is 9.93 Å². The van der Waals surface area contributed by atoms with Gasteiger partial charge in [0.1, 0.15) is 0 Å². The van der Waals surface area contributed by atoms with Crippen LogP contribution in [0.4, 0.5) is 0 Å². The minimum atomic E-state index is -0.232. The first-order valence-electron chi connectivity index (χ1n) is 4.20. The number of hydrogen-bond donors (Lipinski definition) is 2. The average Bonchev–Trinajstić information content (AvgIpc) is 2.45. The predicted molar refractivity (Wildman–Crippen MR) is 62.9 cm³/mol. The molecule has 1 amide bonds. The Labute approximate surface area is 96.0 Å². The van der Waals surface area contributed by atoms with Gasteiger partial charge in [0, 0.05) is 5.02 Å². The van der Waals surface area contributed by atoms with Gasteiger partial charge in [0.2, 0.25) is 0 Å². The first-order chi connectivity index (χ1) is 7.15. The first-order valence-corrected chi connectivity index (χ1v) is 5.39. The van der Waals surface area contributed by atoms with Crippen LogP contribution < -0.4 is 5.32 Å². The first kappa shape index (κ1) is 10.3. The van der Waals surface area contributed by atoms with Gasteiger partial charge >= 0.3 is 0 Å². The van der Waals surface area contributed by atoms with Crippen molar-refractivity contribution in [2.45, 2.75) is 0 Å². The van der Waals surface area contributed by atoms with Crippen LogP contribution in [0.1, 0.15) is 5.56 Å². The maximum absolute atomic E-state index is 11.3. The second-order valence-electron chi connectivity index (χ2n) is 2.95. The van der Waals surface area contributed by atoms with Crippen molar-refractivity contribution in [1.29, 1.82) is 5.41 Å². The molecule has 0 aliphatic carbocycles. The molecule has 1 aromatic rings. The molecule has 2 N–H and O–H groups in total. The van der Waals surface area contributed by atoms with Gasteiger partial charge in [-0.1, -0.05) is 23.7 Å². The van der Waals surface area contributed by atoms with E-state index < -0.39 is 0 Å². The molecular weight excluding hydrogens is 232 g/mol. The molecule has 1 saturated heterocycles. The number of amidine groups is 1. The number of halogens is 1. The summed E-state index contributed by atoms with van der Waals surface area (Å²) in [5, 5.41) is 10.5. The van der Waals surface area contributed by atoms with E-state index in [0.717, 1.165) is 17.3 Å². The fraction of sp³-hybridized carbons (Fsp3) is 0. The van der Waals surface area contributed by atoms with Crippen LogP contribution in [-0.4, -0.2) is 11.1 Å². The smallest absolute Gasteiger partial charge is 0.264 e. The summed E-state index contributed by atoms with van der Waals surface area (Å²) in [5.41, 5.74) is 0.856. The molecule has 3 nitrogen and oxygen atoms in total. The minimum absolute atomic E-state index is 0.160. The van der Waals surface area contributed by atoms with Crippen LogP contribution in [0.5, 0.6) is 0 Å². The van der Waals surface area contributed by atoms with Crippen molar-refractivity contribution in [3.8, 4) is 0 Å². The maximum Gasteiger partial charge on any atom is 0.264 e. The zero-order valence-corrected chi connectivity index (χ0v) is 9.15. The highest BCUT2D eigenvalue weighted by Crippen LogP contribution is 2.25. The molecule has 76 valence electrons. The Morgan fingerprint density at radius 1 is 1.47 bits per heavy atom. The Kier molecular flexibility index (Phi) is 2.79. The lowest BCUT2D eigenvalue weighted by Crippen LogP contribution is -2.18. The lowest BCUT2D eigenvalue weighted by molar-refractivity contribution is -0.115. The molecule has 1 aromatic carbocycles. The number of carbonyl (C=O) groups is 1. The number of benzene rings is 1. The van der Waals surface area contributed by atoms with Crippen LogP contribution in [0.25, 0.3) is 6.08 Å². The standard InChI is InChI=1S/C10H7ClN2OS/c11-7-3-1-2-6(4-7)5-8-9(14)13-10(12)15-8/h1-5H,(H2,12,13,14). The molecule has 1 fully saturated rings. The van der Waals surface area contributed by atoms with E-state index in [2.05, 4.69) is 5.32 Å². The second-order valence-corrected chi connectivity index (χ2v) is 4.44. The van der Waals surface area contributed by atoms with Gasteiger partial charge in [-0.05, 0) is 35.5 Å². The molecule has 1 aliphatic heterocycles. The summed E-state index contributed by atoms with van der Waals surface area (Å²) in [6.45, 7) is 0. The zero-order valence-electron chi connectivity index (χ0n) is 7.58. The van der Waals surface area contributed by atoms with Crippen molar-refractivity contribution in [2.75, 3.05) is 0 Å². The summed E-state index contributed by atoms with van der Waals surface area (Å²) in [6, 6.07) is 7.21. The third-order valence-corrected chi connectivity index (χ3v) is 2.87. The summed E-state index contributed by atoms with van der Waals surface area (Å²) in [7, 11) is 0. The Balaban J connectivity index is 2.31. The van der Waals surface area contributed by atoms with Gasteiger partial charge in [0.25, 0.3) is 5.91 Å². The fourth-order valence-corrected chi connectivity index (χ4v) is 2.09. The van der Waals surface area contributed by atoms with E-state index in [1.165, 1.54) is 0 Å². The molecule has 0 radical (unpaired) electrons. The minimum Gasteiger partial charge on any atom is -0.301 e. The third kappa shape index (κ3) is 2.40. The molecule has 0 bridgehead atoms. The number of amides is 1. The van der Waals surface area contributed by atoms with Crippen LogP contribution in [0.2, 0.25) is 5.02 Å². The van der Waals surface area contributed by atoms with Crippen molar-refractivity contribution in [3.63, 3.8) is 0 Å². The topological polar surface area (TPSA) is 53.0 Å². The van der Waals surface area contributed by atoms with Gasteiger partial charge in [0.15, 0.2) is 5.17 Å². The quantitative estimate of drug-likeness (QED) is 0.739. The largest absolute Gasteiger partial charge is 0.301 e. The Hall–Kier alpha value is -1.26. The van der Waals surface area contributed by atoms with Crippen molar-refractivity contribution >= 4 is 40.5 Å². The van der Waals surface area contributed by atoms with Crippen molar-refractivity contribution in [2.24, 2.45) is 0 Å².